The van der Waals surface area contributed by atoms with Gasteiger partial charge >= 0.3 is 5.97 Å². The number of nitrogens with two attached hydrogens (primary N) is 1. The number of methoxy groups -OCH3 is 1. The van der Waals surface area contributed by atoms with Gasteiger partial charge in [-0.1, -0.05) is 0 Å². The predicted octanol–water partition coefficient (Wildman–Crippen LogP) is 1.17. The summed E-state index contributed by atoms with van der Waals surface area (Å²) >= 11 is 0. The van der Waals surface area contributed by atoms with Crippen LogP contribution in [0.5, 0.6) is 0 Å². The normalized spacial score (nSPS) is 12.5. The van der Waals surface area contributed by atoms with Crippen molar-refractivity contribution in [2.24, 2.45) is 12.8 Å². The summed E-state index contributed by atoms with van der Waals surface area (Å²) in [6.07, 6.45) is 0.705. The predicted molar refractivity (Wildman–Crippen MR) is 54.3 cm³/mol. The second-order valence-corrected chi connectivity index (χ2v) is 3.31. The first-order chi connectivity index (χ1) is 7.10. The van der Waals surface area contributed by atoms with Gasteiger partial charge in [-0.25, -0.2) is 9.18 Å². The van der Waals surface area contributed by atoms with E-state index in [4.69, 9.17) is 5.73 Å². The summed E-state index contributed by atoms with van der Waals surface area (Å²) in [7, 11) is 2.97. The van der Waals surface area contributed by atoms with Crippen molar-refractivity contribution >= 4 is 5.97 Å². The molecule has 0 fully saturated rings. The van der Waals surface area contributed by atoms with E-state index in [0.717, 1.165) is 0 Å². The van der Waals surface area contributed by atoms with Crippen LogP contribution in [0.3, 0.4) is 0 Å². The van der Waals surface area contributed by atoms with Crippen LogP contribution in [-0.4, -0.2) is 24.2 Å². The van der Waals surface area contributed by atoms with Crippen molar-refractivity contribution < 1.29 is 13.9 Å². The minimum atomic E-state index is -1.13. The van der Waals surface area contributed by atoms with Crippen molar-refractivity contribution in [2.45, 2.75) is 12.6 Å². The number of hydrogen-bond acceptors (Lipinski definition) is 3. The first kappa shape index (κ1) is 11.7. The van der Waals surface area contributed by atoms with Gasteiger partial charge in [0.15, 0.2) is 0 Å². The minimum absolute atomic E-state index is 0.255. The number of alkyl halides is 1. The molecule has 0 spiro atoms. The molecule has 15 heavy (non-hydrogen) atoms. The van der Waals surface area contributed by atoms with Crippen LogP contribution < -0.4 is 5.73 Å². The fraction of sp³-hybridized carbons (Fsp3) is 0.500. The average molecular weight is 214 g/mol. The highest BCUT2D eigenvalue weighted by atomic mass is 19.1. The highest BCUT2D eigenvalue weighted by Crippen LogP contribution is 2.22. The maximum atomic E-state index is 13.5. The molecule has 0 bridgehead atoms. The number of nitrogens with zero attached hydrogens (tertiary/aromatic N) is 1. The van der Waals surface area contributed by atoms with E-state index in [0.29, 0.717) is 11.3 Å². The van der Waals surface area contributed by atoms with Gasteiger partial charge in [0.2, 0.25) is 0 Å². The Bertz CT molecular complexity index is 349. The maximum absolute atomic E-state index is 13.5. The summed E-state index contributed by atoms with van der Waals surface area (Å²) in [6, 6.07) is 1.49. The van der Waals surface area contributed by atoms with Gasteiger partial charge in [-0.3, -0.25) is 0 Å². The average Bonchev–Trinajstić information content (AvgIpc) is 2.60. The van der Waals surface area contributed by atoms with Gasteiger partial charge in [0.25, 0.3) is 0 Å². The third kappa shape index (κ3) is 2.56. The molecule has 0 aliphatic heterocycles. The van der Waals surface area contributed by atoms with E-state index in [1.807, 2.05) is 0 Å². The third-order valence-corrected chi connectivity index (χ3v) is 2.20. The summed E-state index contributed by atoms with van der Waals surface area (Å²) in [6.45, 7) is 0.281. The number of hydrogen-bond donors (Lipinski definition) is 1. The molecule has 0 aliphatic carbocycles. The van der Waals surface area contributed by atoms with Crippen LogP contribution in [0.4, 0.5) is 4.39 Å². The van der Waals surface area contributed by atoms with E-state index in [1.54, 1.807) is 17.8 Å². The van der Waals surface area contributed by atoms with Crippen LogP contribution in [0, 0.1) is 0 Å². The van der Waals surface area contributed by atoms with Crippen molar-refractivity contribution in [3.63, 3.8) is 0 Å². The highest BCUT2D eigenvalue weighted by molar-refractivity contribution is 5.87. The molecule has 0 amide bonds. The molecule has 1 atom stereocenters. The fourth-order valence-electron chi connectivity index (χ4n) is 1.38. The lowest BCUT2D eigenvalue weighted by Gasteiger charge is -2.02. The molecule has 84 valence electrons. The molecule has 5 heteroatoms. The topological polar surface area (TPSA) is 57.2 Å². The van der Waals surface area contributed by atoms with Crippen molar-refractivity contribution in [3.05, 3.63) is 23.5 Å². The molecule has 1 aromatic rings. The molecule has 1 unspecified atom stereocenters. The van der Waals surface area contributed by atoms with E-state index in [2.05, 4.69) is 4.74 Å². The summed E-state index contributed by atoms with van der Waals surface area (Å²) in [5, 5.41) is 0. The highest BCUT2D eigenvalue weighted by Gasteiger charge is 2.16. The standard InChI is InChI=1S/C10H15FN2O2/c1-13-6-7(8(11)3-4-12)5-9(13)10(14)15-2/h5-6,8H,3-4,12H2,1-2H3. The van der Waals surface area contributed by atoms with Gasteiger partial charge in [-0.15, -0.1) is 0 Å². The minimum Gasteiger partial charge on any atom is -0.464 e. The molecule has 2 N–H and O–H groups in total. The van der Waals surface area contributed by atoms with Crippen LogP contribution in [0.1, 0.15) is 28.6 Å². The van der Waals surface area contributed by atoms with Crippen LogP contribution in [0.2, 0.25) is 0 Å². The zero-order valence-corrected chi connectivity index (χ0v) is 8.87. The first-order valence-corrected chi connectivity index (χ1v) is 4.68. The number of halogens is 1. The van der Waals surface area contributed by atoms with E-state index < -0.39 is 12.1 Å². The molecule has 0 radical (unpaired) electrons. The van der Waals surface area contributed by atoms with E-state index in [1.165, 1.54) is 13.2 Å². The number of esters is 1. The number of ether oxygens (including phenoxy) is 1. The van der Waals surface area contributed by atoms with Crippen LogP contribution in [0.25, 0.3) is 0 Å². The number of carbonyl (C=O) groups is 1. The summed E-state index contributed by atoms with van der Waals surface area (Å²) in [5.41, 5.74) is 6.06. The quantitative estimate of drug-likeness (QED) is 0.765. The lowest BCUT2D eigenvalue weighted by molar-refractivity contribution is 0.0590. The first-order valence-electron chi connectivity index (χ1n) is 4.68. The lowest BCUT2D eigenvalue weighted by atomic mass is 10.1. The molecule has 1 aromatic heterocycles. The Hall–Kier alpha value is -1.36. The monoisotopic (exact) mass is 214 g/mol. The Labute approximate surface area is 87.8 Å². The number of rotatable bonds is 4. The Morgan fingerprint density at radius 2 is 2.40 bits per heavy atom. The van der Waals surface area contributed by atoms with Crippen molar-refractivity contribution in [1.29, 1.82) is 0 Å². The zero-order valence-electron chi connectivity index (χ0n) is 8.87. The zero-order chi connectivity index (χ0) is 11.4. The van der Waals surface area contributed by atoms with Gasteiger partial charge in [-0.05, 0) is 19.0 Å². The molecule has 1 rings (SSSR count). The summed E-state index contributed by atoms with van der Waals surface area (Å²) in [4.78, 5) is 11.2. The second kappa shape index (κ2) is 4.93. The molecular weight excluding hydrogens is 199 g/mol. The van der Waals surface area contributed by atoms with Gasteiger partial charge in [0, 0.05) is 18.8 Å². The summed E-state index contributed by atoms with van der Waals surface area (Å²) < 4.78 is 19.6. The largest absolute Gasteiger partial charge is 0.464 e. The van der Waals surface area contributed by atoms with Crippen molar-refractivity contribution in [1.82, 2.24) is 4.57 Å². The van der Waals surface area contributed by atoms with E-state index in [-0.39, 0.29) is 13.0 Å². The van der Waals surface area contributed by atoms with Crippen LogP contribution in [-0.2, 0) is 11.8 Å². The Morgan fingerprint density at radius 1 is 1.73 bits per heavy atom. The fourth-order valence-corrected chi connectivity index (χ4v) is 1.38. The maximum Gasteiger partial charge on any atom is 0.354 e. The van der Waals surface area contributed by atoms with Gasteiger partial charge in [0.1, 0.15) is 11.9 Å². The van der Waals surface area contributed by atoms with E-state index >= 15 is 0 Å². The Balaban J connectivity index is 2.90. The van der Waals surface area contributed by atoms with E-state index in [9.17, 15) is 9.18 Å². The number of aromatic nitrogens is 1. The molecule has 0 saturated heterocycles. The second-order valence-electron chi connectivity index (χ2n) is 3.31. The van der Waals surface area contributed by atoms with Crippen molar-refractivity contribution in [2.75, 3.05) is 13.7 Å². The number of aryl methyl sites for hydroxylation is 1. The van der Waals surface area contributed by atoms with Crippen LogP contribution in [0.15, 0.2) is 12.3 Å². The number of carbonyl (C=O) groups excluding carboxylic acids is 1. The van der Waals surface area contributed by atoms with Gasteiger partial charge < -0.3 is 15.0 Å². The smallest absolute Gasteiger partial charge is 0.354 e. The van der Waals surface area contributed by atoms with Gasteiger partial charge in [-0.2, -0.15) is 0 Å². The van der Waals surface area contributed by atoms with Crippen molar-refractivity contribution in [3.8, 4) is 0 Å². The molecule has 4 nitrogen and oxygen atoms in total. The molecular formula is C10H15FN2O2. The van der Waals surface area contributed by atoms with Gasteiger partial charge in [0.05, 0.1) is 7.11 Å². The molecule has 1 heterocycles. The SMILES string of the molecule is COC(=O)c1cc(C(F)CCN)cn1C. The summed E-state index contributed by atoms with van der Waals surface area (Å²) in [5.74, 6) is -0.469. The molecule has 0 aliphatic rings. The Morgan fingerprint density at radius 3 is 2.93 bits per heavy atom. The Kier molecular flexibility index (Phi) is 3.85. The lowest BCUT2D eigenvalue weighted by Crippen LogP contribution is -2.06. The van der Waals surface area contributed by atoms with Crippen LogP contribution >= 0.6 is 0 Å². The third-order valence-electron chi connectivity index (χ3n) is 2.20. The molecule has 0 saturated carbocycles. The molecule has 0 aromatic carbocycles.